The Kier molecular flexibility index (Phi) is 6.33. The van der Waals surface area contributed by atoms with Gasteiger partial charge in [0.25, 0.3) is 0 Å². The lowest BCUT2D eigenvalue weighted by Crippen LogP contribution is -2.48. The maximum absolute atomic E-state index is 12.7. The van der Waals surface area contributed by atoms with Crippen molar-refractivity contribution in [3.8, 4) is 0 Å². The van der Waals surface area contributed by atoms with Crippen LogP contribution in [-0.4, -0.2) is 58.1 Å². The molecule has 1 aliphatic heterocycles. The van der Waals surface area contributed by atoms with Crippen molar-refractivity contribution in [1.82, 2.24) is 23.6 Å². The van der Waals surface area contributed by atoms with Crippen LogP contribution < -0.4 is 0 Å². The summed E-state index contributed by atoms with van der Waals surface area (Å²) in [6.45, 7) is 7.28. The molecule has 0 bridgehead atoms. The van der Waals surface area contributed by atoms with Gasteiger partial charge in [0.05, 0.1) is 6.67 Å². The molecule has 7 nitrogen and oxygen atoms in total. The summed E-state index contributed by atoms with van der Waals surface area (Å²) in [6, 6.07) is 9.46. The van der Waals surface area contributed by atoms with Gasteiger partial charge in [-0.15, -0.1) is 6.58 Å². The summed E-state index contributed by atoms with van der Waals surface area (Å²) in [6.07, 6.45) is 5.82. The van der Waals surface area contributed by atoms with E-state index in [0.717, 1.165) is 24.2 Å². The van der Waals surface area contributed by atoms with Crippen molar-refractivity contribution in [3.05, 3.63) is 64.6 Å². The third-order valence-corrected chi connectivity index (χ3v) is 7.46. The van der Waals surface area contributed by atoms with E-state index >= 15 is 0 Å². The third-order valence-electron chi connectivity index (χ3n) is 5.46. The number of sulfonamides is 1. The van der Waals surface area contributed by atoms with E-state index in [2.05, 4.69) is 16.0 Å². The first-order valence-corrected chi connectivity index (χ1v) is 12.1. The molecule has 9 heteroatoms. The minimum atomic E-state index is -3.43. The molecule has 1 aliphatic carbocycles. The number of allylic oxidation sites excluding steroid dienone is 1. The first-order chi connectivity index (χ1) is 14.5. The number of rotatable bonds is 8. The van der Waals surface area contributed by atoms with Gasteiger partial charge in [0.2, 0.25) is 10.0 Å². The average Bonchev–Trinajstić information content (AvgIpc) is 3.55. The lowest BCUT2D eigenvalue weighted by atomic mass is 10.2. The van der Waals surface area contributed by atoms with Gasteiger partial charge >= 0.3 is 0 Å². The molecule has 2 fully saturated rings. The van der Waals surface area contributed by atoms with Gasteiger partial charge in [-0.2, -0.15) is 9.40 Å². The number of aromatic nitrogens is 3. The summed E-state index contributed by atoms with van der Waals surface area (Å²) < 4.78 is 31.5. The first-order valence-electron chi connectivity index (χ1n) is 10.2. The van der Waals surface area contributed by atoms with E-state index in [1.165, 1.54) is 9.71 Å². The van der Waals surface area contributed by atoms with Crippen molar-refractivity contribution in [3.63, 3.8) is 0 Å². The minimum absolute atomic E-state index is 0.456. The summed E-state index contributed by atoms with van der Waals surface area (Å²) in [4.78, 5) is 2.20. The third kappa shape index (κ3) is 4.80. The van der Waals surface area contributed by atoms with Gasteiger partial charge in [-0.3, -0.25) is 9.47 Å². The molecule has 160 valence electrons. The molecule has 1 saturated carbocycles. The summed E-state index contributed by atoms with van der Waals surface area (Å²) >= 11 is 5.63. The van der Waals surface area contributed by atoms with Gasteiger partial charge in [-0.05, 0) is 36.7 Å². The van der Waals surface area contributed by atoms with Gasteiger partial charge in [-0.25, -0.2) is 13.1 Å². The van der Waals surface area contributed by atoms with Crippen LogP contribution in [0.4, 0.5) is 0 Å². The molecule has 2 aliphatic rings. The second kappa shape index (κ2) is 8.97. The highest BCUT2D eigenvalue weighted by atomic mass is 32.2. The largest absolute Gasteiger partial charge is 0.300 e. The molecule has 0 spiro atoms. The van der Waals surface area contributed by atoms with E-state index in [1.54, 1.807) is 6.08 Å². The van der Waals surface area contributed by atoms with Crippen LogP contribution >= 0.6 is 12.2 Å². The van der Waals surface area contributed by atoms with Crippen molar-refractivity contribution in [1.29, 1.82) is 0 Å². The summed E-state index contributed by atoms with van der Waals surface area (Å²) in [7, 11) is -3.43. The molecule has 2 heterocycles. The van der Waals surface area contributed by atoms with Crippen LogP contribution in [0.15, 0.2) is 48.4 Å². The van der Waals surface area contributed by atoms with Gasteiger partial charge < -0.3 is 0 Å². The second-order valence-corrected chi connectivity index (χ2v) is 9.91. The van der Waals surface area contributed by atoms with Gasteiger partial charge in [0.1, 0.15) is 5.82 Å². The fraction of sp³-hybridized carbons (Fsp3) is 0.429. The predicted octanol–water partition coefficient (Wildman–Crippen LogP) is 3.05. The fourth-order valence-electron chi connectivity index (χ4n) is 3.62. The van der Waals surface area contributed by atoms with E-state index in [-0.39, 0.29) is 0 Å². The highest BCUT2D eigenvalue weighted by Crippen LogP contribution is 2.39. The molecule has 0 N–H and O–H groups in total. The molecule has 1 aromatic heterocycles. The van der Waals surface area contributed by atoms with Crippen LogP contribution in [0.5, 0.6) is 0 Å². The molecule has 0 unspecified atom stereocenters. The Morgan fingerprint density at radius 3 is 2.47 bits per heavy atom. The Labute approximate surface area is 183 Å². The van der Waals surface area contributed by atoms with Gasteiger partial charge in [0, 0.05) is 44.0 Å². The molecule has 1 saturated heterocycles. The molecule has 4 rings (SSSR count). The maximum Gasteiger partial charge on any atom is 0.236 e. The Morgan fingerprint density at radius 2 is 1.83 bits per heavy atom. The van der Waals surface area contributed by atoms with E-state index in [9.17, 15) is 8.42 Å². The highest BCUT2D eigenvalue weighted by Gasteiger charge is 2.30. The van der Waals surface area contributed by atoms with Gasteiger partial charge in [0.15, 0.2) is 4.77 Å². The number of nitrogens with zero attached hydrogens (tertiary/aromatic N) is 5. The highest BCUT2D eigenvalue weighted by molar-refractivity contribution is 7.92. The van der Waals surface area contributed by atoms with E-state index in [0.29, 0.717) is 50.1 Å². The molecule has 1 aromatic carbocycles. The van der Waals surface area contributed by atoms with Crippen LogP contribution in [0, 0.1) is 4.77 Å². The summed E-state index contributed by atoms with van der Waals surface area (Å²) in [5.41, 5.74) is 0.871. The van der Waals surface area contributed by atoms with Crippen LogP contribution in [0.3, 0.4) is 0 Å². The Hall–Kier alpha value is -2.07. The standard InChI is InChI=1S/C21H27N5O2S2/c1-2-11-25-20(19-8-9-19)22-26(21(25)29)17-23-12-14-24(15-13-23)30(27,28)16-10-18-6-4-3-5-7-18/h2-7,10,16,19H,1,8-9,11-15,17H2/b16-10+. The van der Waals surface area contributed by atoms with E-state index in [4.69, 9.17) is 17.3 Å². The van der Waals surface area contributed by atoms with Crippen LogP contribution in [-0.2, 0) is 23.2 Å². The zero-order valence-corrected chi connectivity index (χ0v) is 18.6. The van der Waals surface area contributed by atoms with E-state index < -0.39 is 10.0 Å². The molecule has 0 atom stereocenters. The quantitative estimate of drug-likeness (QED) is 0.462. The maximum atomic E-state index is 12.7. The van der Waals surface area contributed by atoms with E-state index in [1.807, 2.05) is 41.1 Å². The van der Waals surface area contributed by atoms with Gasteiger partial charge in [-0.1, -0.05) is 36.4 Å². The summed E-state index contributed by atoms with van der Waals surface area (Å²) in [5, 5.41) is 6.06. The lowest BCUT2D eigenvalue weighted by Gasteiger charge is -2.32. The monoisotopic (exact) mass is 445 g/mol. The number of hydrogen-bond donors (Lipinski definition) is 0. The molecule has 30 heavy (non-hydrogen) atoms. The van der Waals surface area contributed by atoms with Crippen LogP contribution in [0.1, 0.15) is 30.1 Å². The molecule has 0 amide bonds. The first kappa shape index (κ1) is 21.2. The van der Waals surface area contributed by atoms with Crippen LogP contribution in [0.25, 0.3) is 6.08 Å². The SMILES string of the molecule is C=CCn1c(C2CC2)nn(CN2CCN(S(=O)(=O)/C=C/c3ccccc3)CC2)c1=S. The summed E-state index contributed by atoms with van der Waals surface area (Å²) in [5.74, 6) is 1.55. The van der Waals surface area contributed by atoms with Crippen molar-refractivity contribution in [2.75, 3.05) is 26.2 Å². The van der Waals surface area contributed by atoms with Crippen molar-refractivity contribution < 1.29 is 8.42 Å². The Balaban J connectivity index is 1.38. The topological polar surface area (TPSA) is 63.4 Å². The number of benzene rings is 1. The molecule has 2 aromatic rings. The smallest absolute Gasteiger partial charge is 0.236 e. The number of hydrogen-bond acceptors (Lipinski definition) is 5. The molecular weight excluding hydrogens is 418 g/mol. The minimum Gasteiger partial charge on any atom is -0.300 e. The lowest BCUT2D eigenvalue weighted by molar-refractivity contribution is 0.145. The average molecular weight is 446 g/mol. The Morgan fingerprint density at radius 1 is 1.13 bits per heavy atom. The zero-order chi connectivity index (χ0) is 21.1. The Bertz CT molecular complexity index is 1080. The predicted molar refractivity (Wildman–Crippen MR) is 121 cm³/mol. The van der Waals surface area contributed by atoms with Crippen LogP contribution in [0.2, 0.25) is 0 Å². The molecule has 0 radical (unpaired) electrons. The number of piperazine rings is 1. The van der Waals surface area contributed by atoms with Crippen molar-refractivity contribution >= 4 is 28.3 Å². The second-order valence-electron chi connectivity index (χ2n) is 7.73. The fourth-order valence-corrected chi connectivity index (χ4v) is 5.06. The molecular formula is C21H27N5O2S2. The zero-order valence-electron chi connectivity index (χ0n) is 16.9. The van der Waals surface area contributed by atoms with Crippen molar-refractivity contribution in [2.45, 2.75) is 32.0 Å². The normalized spacial score (nSPS) is 18.8. The van der Waals surface area contributed by atoms with Crippen molar-refractivity contribution in [2.24, 2.45) is 0 Å².